The van der Waals surface area contributed by atoms with Crippen molar-refractivity contribution in [2.75, 3.05) is 51.0 Å². The number of likely N-dealkylation sites (N-methyl/N-ethyl adjacent to an activating group) is 1. The van der Waals surface area contributed by atoms with Crippen LogP contribution < -0.4 is 4.90 Å². The first-order chi connectivity index (χ1) is 19.4. The van der Waals surface area contributed by atoms with E-state index in [0.29, 0.717) is 0 Å². The second-order valence-electron chi connectivity index (χ2n) is 5.09. The molecule has 2 aliphatic rings. The van der Waals surface area contributed by atoms with Crippen molar-refractivity contribution in [1.29, 1.82) is 0 Å². The second kappa shape index (κ2) is 7.58. The van der Waals surface area contributed by atoms with Crippen LogP contribution in [0.25, 0.3) is 0 Å². The van der Waals surface area contributed by atoms with Crippen LogP contribution in [0.3, 0.4) is 0 Å². The molecule has 1 fully saturated rings. The summed E-state index contributed by atoms with van der Waals surface area (Å²) in [5, 5.41) is -0.409. The summed E-state index contributed by atoms with van der Waals surface area (Å²) in [4.78, 5) is 0.981. The predicted octanol–water partition coefficient (Wildman–Crippen LogP) is 4.58. The van der Waals surface area contributed by atoms with Crippen molar-refractivity contribution in [3.63, 3.8) is 0 Å². The van der Waals surface area contributed by atoms with Gasteiger partial charge in [0.2, 0.25) is 0 Å². The Morgan fingerprint density at radius 2 is 1.88 bits per heavy atom. The lowest BCUT2D eigenvalue weighted by molar-refractivity contribution is 0.153. The summed E-state index contributed by atoms with van der Waals surface area (Å²) in [6.07, 6.45) is -0.335. The number of para-hydroxylation sites is 1. The molecule has 0 N–H and O–H groups in total. The molecular weight excluding hydrogens is 350 g/mol. The molecule has 5 heteroatoms. The molecule has 0 bridgehead atoms. The molecule has 1 saturated heterocycles. The van der Waals surface area contributed by atoms with Gasteiger partial charge in [-0.2, -0.15) is 0 Å². The van der Waals surface area contributed by atoms with E-state index >= 15 is 0 Å². The SMILES string of the molecule is [2H]c1c([2H])c([2H])c2c(c1[2H])Sc1c([2H])c([2H])c(Cl)c([2H])c1N2CCCN1C([2H])([2H])C([2H])([2H])N(C([2H])([2H])[2H])C([2H])([2H])C1([2H])[2H]. The van der Waals surface area contributed by atoms with Gasteiger partial charge in [-0.15, -0.1) is 0 Å². The molecule has 25 heavy (non-hydrogen) atoms. The normalized spacial score (nSPS) is 37.1. The molecule has 2 aromatic rings. The number of nitrogens with zero attached hydrogens (tertiary/aromatic N) is 3. The van der Waals surface area contributed by atoms with Crippen LogP contribution >= 0.6 is 23.4 Å². The Hall–Kier alpha value is -1.20. The highest BCUT2D eigenvalue weighted by Crippen LogP contribution is 2.48. The van der Waals surface area contributed by atoms with E-state index in [1.165, 1.54) is 4.90 Å². The smallest absolute Gasteiger partial charge is 0.0661 e. The molecule has 2 aromatic carbocycles. The van der Waals surface area contributed by atoms with Crippen molar-refractivity contribution in [2.45, 2.75) is 16.2 Å². The fourth-order valence-corrected chi connectivity index (χ4v) is 3.46. The van der Waals surface area contributed by atoms with Crippen LogP contribution in [0.1, 0.15) is 31.1 Å². The van der Waals surface area contributed by atoms with Gasteiger partial charge in [-0.3, -0.25) is 0 Å². The minimum absolute atomic E-state index is 0.0125. The van der Waals surface area contributed by atoms with Crippen molar-refractivity contribution in [3.8, 4) is 0 Å². The molecule has 0 amide bonds. The zero-order chi connectivity index (χ0) is 33.0. The zero-order valence-electron chi connectivity index (χ0n) is 30.7. The quantitative estimate of drug-likeness (QED) is 0.754. The highest BCUT2D eigenvalue weighted by atomic mass is 35.5. The molecule has 0 aromatic heterocycles. The maximum absolute atomic E-state index is 8.57. The van der Waals surface area contributed by atoms with Gasteiger partial charge >= 0.3 is 0 Å². The van der Waals surface area contributed by atoms with Crippen LogP contribution in [0.4, 0.5) is 11.4 Å². The van der Waals surface area contributed by atoms with Gasteiger partial charge in [0.05, 0.1) is 21.0 Å². The Balaban J connectivity index is 1.82. The van der Waals surface area contributed by atoms with E-state index < -0.39 is 91.7 Å². The molecule has 4 rings (SSSR count). The van der Waals surface area contributed by atoms with Gasteiger partial charge in [-0.25, -0.2) is 0 Å². The summed E-state index contributed by atoms with van der Waals surface area (Å²) in [6, 6.07) is -3.51. The van der Waals surface area contributed by atoms with Crippen molar-refractivity contribution in [2.24, 2.45) is 0 Å². The Labute approximate surface area is 184 Å². The van der Waals surface area contributed by atoms with E-state index in [2.05, 4.69) is 0 Å². The first kappa shape index (κ1) is 6.16. The standard InChI is InChI=1S/C20H24ClN3S/c1-22-11-13-23(14-12-22)9-4-10-24-17-5-2-3-6-19(17)25-20-8-7-16(21)15-18(20)24/h2-3,5-8,15H,4,9-14H2,1H3/i1D3,2D,3D,5D,6D,7D,8D,11D2,12D2,13D2,14D2,15D. The number of hydrogen-bond acceptors (Lipinski definition) is 4. The molecule has 2 heterocycles. The fourth-order valence-electron chi connectivity index (χ4n) is 2.40. The number of anilines is 2. The van der Waals surface area contributed by atoms with Gasteiger partial charge in [0.15, 0.2) is 0 Å². The van der Waals surface area contributed by atoms with Gasteiger partial charge in [0.25, 0.3) is 0 Å². The number of rotatable bonds is 4. The lowest BCUT2D eigenvalue weighted by Gasteiger charge is -2.35. The largest absolute Gasteiger partial charge is 0.340 e. The Morgan fingerprint density at radius 1 is 1.08 bits per heavy atom. The Kier molecular flexibility index (Phi) is 1.87. The van der Waals surface area contributed by atoms with Crippen LogP contribution in [-0.4, -0.2) is 55.9 Å². The number of fused-ring (bicyclic) bond motifs is 2. The third-order valence-corrected chi connectivity index (χ3v) is 4.65. The summed E-state index contributed by atoms with van der Waals surface area (Å²) in [5.41, 5.74) is -0.202. The maximum atomic E-state index is 8.57. The summed E-state index contributed by atoms with van der Waals surface area (Å²) in [5.74, 6) is 0. The van der Waals surface area contributed by atoms with Crippen molar-refractivity contribution < 1.29 is 24.7 Å². The van der Waals surface area contributed by atoms with Gasteiger partial charge < -0.3 is 14.7 Å². The number of piperazine rings is 1. The summed E-state index contributed by atoms with van der Waals surface area (Å²) in [6.45, 7) is -18.5. The highest BCUT2D eigenvalue weighted by Gasteiger charge is 2.23. The molecule has 3 nitrogen and oxygen atoms in total. The molecule has 0 saturated carbocycles. The van der Waals surface area contributed by atoms with Crippen LogP contribution in [-0.2, 0) is 0 Å². The van der Waals surface area contributed by atoms with Crippen LogP contribution in [0, 0.1) is 0 Å². The topological polar surface area (TPSA) is 9.72 Å². The summed E-state index contributed by atoms with van der Waals surface area (Å²) < 4.78 is 148. The number of hydrogen-bond donors (Lipinski definition) is 0. The van der Waals surface area contributed by atoms with Crippen molar-refractivity contribution in [3.05, 3.63) is 47.3 Å². The van der Waals surface area contributed by atoms with Crippen LogP contribution in [0.15, 0.2) is 52.1 Å². The lowest BCUT2D eigenvalue weighted by atomic mass is 10.2. The Bertz CT molecular complexity index is 1400. The minimum atomic E-state index is -3.56. The van der Waals surface area contributed by atoms with E-state index in [4.69, 9.17) is 36.3 Å². The van der Waals surface area contributed by atoms with Crippen molar-refractivity contribution in [1.82, 2.24) is 9.80 Å². The molecule has 0 radical (unpaired) electrons. The molecule has 0 spiro atoms. The third-order valence-electron chi connectivity index (χ3n) is 3.46. The zero-order valence-corrected chi connectivity index (χ0v) is 14.3. The van der Waals surface area contributed by atoms with E-state index in [0.717, 1.165) is 11.8 Å². The third kappa shape index (κ3) is 3.82. The van der Waals surface area contributed by atoms with Gasteiger partial charge in [0.1, 0.15) is 0 Å². The maximum Gasteiger partial charge on any atom is 0.0661 e. The van der Waals surface area contributed by atoms with Crippen LogP contribution in [0.2, 0.25) is 5.02 Å². The van der Waals surface area contributed by atoms with Gasteiger partial charge in [0, 0.05) is 62.4 Å². The average molecular weight is 392 g/mol. The molecule has 0 aliphatic carbocycles. The molecule has 0 unspecified atom stereocenters. The van der Waals surface area contributed by atoms with Crippen molar-refractivity contribution >= 4 is 34.7 Å². The monoisotopic (exact) mass is 391 g/mol. The first-order valence-corrected chi connectivity index (χ1v) is 8.49. The molecule has 2 aliphatic heterocycles. The molecule has 132 valence electrons. The number of halogens is 1. The van der Waals surface area contributed by atoms with Crippen LogP contribution in [0.5, 0.6) is 0 Å². The van der Waals surface area contributed by atoms with Gasteiger partial charge in [-0.05, 0) is 50.2 Å². The minimum Gasteiger partial charge on any atom is -0.340 e. The predicted molar refractivity (Wildman–Crippen MR) is 108 cm³/mol. The number of benzene rings is 2. The average Bonchev–Trinajstić information content (AvgIpc) is 2.87. The second-order valence-corrected chi connectivity index (χ2v) is 6.48. The molecule has 0 atom stereocenters. The summed E-state index contributed by atoms with van der Waals surface area (Å²) >= 11 is 6.91. The highest BCUT2D eigenvalue weighted by molar-refractivity contribution is 7.99. The first-order valence-electron chi connectivity index (χ1n) is 16.3. The fraction of sp³-hybridized carbons (Fsp3) is 0.400. The van der Waals surface area contributed by atoms with E-state index in [9.17, 15) is 0 Å². The Morgan fingerprint density at radius 3 is 2.72 bits per heavy atom. The summed E-state index contributed by atoms with van der Waals surface area (Å²) in [7, 11) is 0. The molecular formula is C20H24ClN3S. The van der Waals surface area contributed by atoms with E-state index in [1.54, 1.807) is 0 Å². The van der Waals surface area contributed by atoms with E-state index in [-0.39, 0.29) is 39.0 Å². The lowest BCUT2D eigenvalue weighted by Crippen LogP contribution is -2.45. The van der Waals surface area contributed by atoms with Gasteiger partial charge in [-0.1, -0.05) is 35.4 Å². The van der Waals surface area contributed by atoms with E-state index in [1.807, 2.05) is 0 Å².